The lowest BCUT2D eigenvalue weighted by Crippen LogP contribution is -2.24. The monoisotopic (exact) mass is 324 g/mol. The summed E-state index contributed by atoms with van der Waals surface area (Å²) >= 11 is 1.48. The Morgan fingerprint density at radius 3 is 2.48 bits per heavy atom. The Kier molecular flexibility index (Phi) is 4.30. The molecule has 0 atom stereocenters. The van der Waals surface area contributed by atoms with Crippen molar-refractivity contribution in [2.75, 3.05) is 18.2 Å². The van der Waals surface area contributed by atoms with E-state index in [-0.39, 0.29) is 0 Å². The van der Waals surface area contributed by atoms with E-state index in [1.165, 1.54) is 17.5 Å². The van der Waals surface area contributed by atoms with Crippen LogP contribution in [0, 0.1) is 0 Å². The molecule has 3 rings (SSSR count). The molecule has 5 heteroatoms. The van der Waals surface area contributed by atoms with Gasteiger partial charge in [-0.05, 0) is 23.6 Å². The first-order valence-electron chi connectivity index (χ1n) is 7.36. The molecule has 0 radical (unpaired) electrons. The third-order valence-corrected chi connectivity index (χ3v) is 4.68. The van der Waals surface area contributed by atoms with E-state index in [0.29, 0.717) is 0 Å². The lowest BCUT2D eigenvalue weighted by molar-refractivity contribution is 0.714. The molecular formula is C18H20N4S. The molecule has 1 aliphatic heterocycles. The predicted molar refractivity (Wildman–Crippen MR) is 101 cm³/mol. The van der Waals surface area contributed by atoms with Gasteiger partial charge in [-0.15, -0.1) is 0 Å². The molecule has 0 saturated heterocycles. The maximum Gasteiger partial charge on any atom is 0.105 e. The number of rotatable bonds is 3. The summed E-state index contributed by atoms with van der Waals surface area (Å²) in [5.74, 6) is 0. The molecular weight excluding hydrogens is 304 g/mol. The highest BCUT2D eigenvalue weighted by atomic mass is 32.2. The van der Waals surface area contributed by atoms with Crippen LogP contribution in [0.3, 0.4) is 0 Å². The van der Waals surface area contributed by atoms with Gasteiger partial charge in [-0.25, -0.2) is 4.41 Å². The molecule has 1 heterocycles. The smallest absolute Gasteiger partial charge is 0.105 e. The number of fused-ring (bicyclic) bond motifs is 2. The van der Waals surface area contributed by atoms with Crippen molar-refractivity contribution >= 4 is 35.7 Å². The molecule has 118 valence electrons. The first kappa shape index (κ1) is 15.5. The number of anilines is 1. The maximum absolute atomic E-state index is 6.59. The lowest BCUT2D eigenvalue weighted by atomic mass is 9.97. The standard InChI is InChI=1S/C18H20N4S/c1-20-22(23-3)18-15-10-6-7-11-16(15)21(2)12-13-8-4-5-9-14(13)17(18)19/h4-11H,1,12,19H2,2-3H3/b18-17-. The zero-order chi connectivity index (χ0) is 16.4. The van der Waals surface area contributed by atoms with Crippen molar-refractivity contribution in [3.8, 4) is 0 Å². The molecule has 4 nitrogen and oxygen atoms in total. The zero-order valence-electron chi connectivity index (χ0n) is 13.4. The molecule has 0 fully saturated rings. The van der Waals surface area contributed by atoms with Gasteiger partial charge in [0.2, 0.25) is 0 Å². The third-order valence-electron chi connectivity index (χ3n) is 4.03. The van der Waals surface area contributed by atoms with Crippen molar-refractivity contribution in [2.45, 2.75) is 6.54 Å². The Morgan fingerprint density at radius 2 is 1.78 bits per heavy atom. The second-order valence-electron chi connectivity index (χ2n) is 5.39. The highest BCUT2D eigenvalue weighted by Gasteiger charge is 2.24. The van der Waals surface area contributed by atoms with Gasteiger partial charge in [-0.3, -0.25) is 0 Å². The maximum atomic E-state index is 6.59. The van der Waals surface area contributed by atoms with Crippen molar-refractivity contribution < 1.29 is 0 Å². The van der Waals surface area contributed by atoms with Crippen molar-refractivity contribution in [3.05, 3.63) is 65.2 Å². The largest absolute Gasteiger partial charge is 0.396 e. The SMILES string of the molecule is C=NN(SC)/C1=C(\N)c2ccccc2CN(C)c2ccccc21. The fourth-order valence-corrected chi connectivity index (χ4v) is 3.46. The van der Waals surface area contributed by atoms with Gasteiger partial charge < -0.3 is 10.6 Å². The summed E-state index contributed by atoms with van der Waals surface area (Å²) < 4.78 is 1.78. The minimum atomic E-state index is 0.725. The first-order valence-corrected chi connectivity index (χ1v) is 8.55. The molecule has 1 aliphatic rings. The second kappa shape index (κ2) is 6.38. The minimum absolute atomic E-state index is 0.725. The van der Waals surface area contributed by atoms with Crippen LogP contribution < -0.4 is 10.6 Å². The van der Waals surface area contributed by atoms with E-state index in [2.05, 4.69) is 48.0 Å². The van der Waals surface area contributed by atoms with E-state index in [9.17, 15) is 0 Å². The Labute approximate surface area is 141 Å². The number of benzene rings is 2. The summed E-state index contributed by atoms with van der Waals surface area (Å²) in [6.45, 7) is 4.50. The number of nitrogens with zero attached hydrogens (tertiary/aromatic N) is 3. The molecule has 0 saturated carbocycles. The number of nitrogens with two attached hydrogens (primary N) is 1. The van der Waals surface area contributed by atoms with Crippen LogP contribution in [0.1, 0.15) is 16.7 Å². The highest BCUT2D eigenvalue weighted by molar-refractivity contribution is 7.96. The van der Waals surface area contributed by atoms with Gasteiger partial charge in [0.25, 0.3) is 0 Å². The Hall–Kier alpha value is -2.40. The van der Waals surface area contributed by atoms with Crippen LogP contribution in [-0.4, -0.2) is 24.4 Å². The summed E-state index contributed by atoms with van der Waals surface area (Å²) in [5.41, 5.74) is 12.6. The summed E-state index contributed by atoms with van der Waals surface area (Å²) in [6, 6.07) is 16.5. The molecule has 23 heavy (non-hydrogen) atoms. The summed E-state index contributed by atoms with van der Waals surface area (Å²) in [7, 11) is 2.10. The highest BCUT2D eigenvalue weighted by Crippen LogP contribution is 2.38. The Bertz CT molecular complexity index is 769. The van der Waals surface area contributed by atoms with Gasteiger partial charge in [-0.2, -0.15) is 5.10 Å². The fraction of sp³-hybridized carbons (Fsp3) is 0.167. The molecule has 0 amide bonds. The van der Waals surface area contributed by atoms with Crippen LogP contribution in [0.15, 0.2) is 53.6 Å². The second-order valence-corrected chi connectivity index (χ2v) is 6.10. The minimum Gasteiger partial charge on any atom is -0.396 e. The molecule has 0 aromatic heterocycles. The lowest BCUT2D eigenvalue weighted by Gasteiger charge is -2.31. The number of hydrazone groups is 1. The van der Waals surface area contributed by atoms with Crippen LogP contribution in [-0.2, 0) is 6.54 Å². The predicted octanol–water partition coefficient (Wildman–Crippen LogP) is 3.62. The van der Waals surface area contributed by atoms with Crippen molar-refractivity contribution in [1.82, 2.24) is 4.41 Å². The molecule has 2 aromatic rings. The number of para-hydroxylation sites is 1. The average Bonchev–Trinajstić information content (AvgIpc) is 2.58. The fourth-order valence-electron chi connectivity index (χ4n) is 2.97. The molecule has 0 unspecified atom stereocenters. The van der Waals surface area contributed by atoms with Gasteiger partial charge in [0.15, 0.2) is 0 Å². The van der Waals surface area contributed by atoms with E-state index in [1.807, 2.05) is 30.5 Å². The van der Waals surface area contributed by atoms with Crippen LogP contribution in [0.4, 0.5) is 5.69 Å². The summed E-state index contributed by atoms with van der Waals surface area (Å²) in [4.78, 5) is 2.24. The first-order chi connectivity index (χ1) is 11.2. The van der Waals surface area contributed by atoms with E-state index >= 15 is 0 Å². The summed E-state index contributed by atoms with van der Waals surface area (Å²) in [6.07, 6.45) is 1.96. The summed E-state index contributed by atoms with van der Waals surface area (Å²) in [5, 5.41) is 4.14. The van der Waals surface area contributed by atoms with Crippen molar-refractivity contribution in [3.63, 3.8) is 0 Å². The van der Waals surface area contributed by atoms with Gasteiger partial charge >= 0.3 is 0 Å². The van der Waals surface area contributed by atoms with Gasteiger partial charge in [0.1, 0.15) is 5.70 Å². The van der Waals surface area contributed by atoms with Gasteiger partial charge in [0, 0.05) is 43.4 Å². The molecule has 0 spiro atoms. The van der Waals surface area contributed by atoms with Crippen LogP contribution in [0.25, 0.3) is 11.4 Å². The Morgan fingerprint density at radius 1 is 1.13 bits per heavy atom. The molecule has 2 N–H and O–H groups in total. The average molecular weight is 324 g/mol. The topological polar surface area (TPSA) is 44.9 Å². The van der Waals surface area contributed by atoms with Crippen molar-refractivity contribution in [2.24, 2.45) is 10.8 Å². The molecule has 0 bridgehead atoms. The van der Waals surface area contributed by atoms with Crippen LogP contribution in [0.2, 0.25) is 0 Å². The van der Waals surface area contributed by atoms with Crippen LogP contribution in [0.5, 0.6) is 0 Å². The molecule has 2 aromatic carbocycles. The van der Waals surface area contributed by atoms with E-state index in [4.69, 9.17) is 5.73 Å². The zero-order valence-corrected chi connectivity index (χ0v) is 14.2. The quantitative estimate of drug-likeness (QED) is 0.532. The third kappa shape index (κ3) is 2.68. The van der Waals surface area contributed by atoms with E-state index < -0.39 is 0 Å². The normalized spacial score (nSPS) is 16.9. The van der Waals surface area contributed by atoms with Crippen LogP contribution >= 0.6 is 11.9 Å². The van der Waals surface area contributed by atoms with E-state index in [0.717, 1.165) is 34.8 Å². The Balaban J connectivity index is 2.36. The van der Waals surface area contributed by atoms with E-state index in [1.54, 1.807) is 4.41 Å². The van der Waals surface area contributed by atoms with Gasteiger partial charge in [0.05, 0.1) is 5.70 Å². The van der Waals surface area contributed by atoms with Crippen molar-refractivity contribution in [1.29, 1.82) is 0 Å². The number of hydrogen-bond donors (Lipinski definition) is 1. The van der Waals surface area contributed by atoms with Gasteiger partial charge in [-0.1, -0.05) is 42.5 Å². The number of hydrogen-bond acceptors (Lipinski definition) is 5. The molecule has 0 aliphatic carbocycles.